The van der Waals surface area contributed by atoms with Gasteiger partial charge in [0.05, 0.1) is 5.69 Å². The van der Waals surface area contributed by atoms with Gasteiger partial charge in [-0.05, 0) is 31.9 Å². The number of aliphatic carboxylic acids is 1. The SMILES string of the molecule is Cc1cc(C)n(CCCN(C)C(=O)N[C@@H](C(=O)O)c2ccccc2)n1. The summed E-state index contributed by atoms with van der Waals surface area (Å²) in [5.41, 5.74) is 2.59. The second-order valence-corrected chi connectivity index (χ2v) is 6.06. The Morgan fingerprint density at radius 2 is 1.96 bits per heavy atom. The predicted octanol–water partition coefficient (Wildman–Crippen LogP) is 2.36. The first kappa shape index (κ1) is 18.5. The van der Waals surface area contributed by atoms with Gasteiger partial charge in [-0.3, -0.25) is 4.68 Å². The number of carboxylic acids is 1. The van der Waals surface area contributed by atoms with Gasteiger partial charge in [-0.15, -0.1) is 0 Å². The number of aromatic nitrogens is 2. The molecule has 0 radical (unpaired) electrons. The average molecular weight is 344 g/mol. The summed E-state index contributed by atoms with van der Waals surface area (Å²) in [5, 5.41) is 16.3. The summed E-state index contributed by atoms with van der Waals surface area (Å²) in [6.45, 7) is 5.15. The van der Waals surface area contributed by atoms with Crippen molar-refractivity contribution in [1.82, 2.24) is 20.0 Å². The summed E-state index contributed by atoms with van der Waals surface area (Å²) in [7, 11) is 1.65. The van der Waals surface area contributed by atoms with Gasteiger partial charge in [0.1, 0.15) is 0 Å². The van der Waals surface area contributed by atoms with Crippen molar-refractivity contribution in [2.24, 2.45) is 0 Å². The maximum absolute atomic E-state index is 12.3. The quantitative estimate of drug-likeness (QED) is 0.807. The van der Waals surface area contributed by atoms with E-state index in [2.05, 4.69) is 10.4 Å². The van der Waals surface area contributed by atoms with Crippen molar-refractivity contribution in [3.8, 4) is 0 Å². The number of hydrogen-bond acceptors (Lipinski definition) is 3. The molecule has 0 aliphatic carbocycles. The molecule has 7 heteroatoms. The highest BCUT2D eigenvalue weighted by atomic mass is 16.4. The van der Waals surface area contributed by atoms with E-state index in [-0.39, 0.29) is 0 Å². The number of aryl methyl sites for hydroxylation is 3. The van der Waals surface area contributed by atoms with Crippen LogP contribution in [0.25, 0.3) is 0 Å². The number of urea groups is 1. The minimum absolute atomic E-state index is 0.412. The zero-order chi connectivity index (χ0) is 18.4. The number of nitrogens with zero attached hydrogens (tertiary/aromatic N) is 3. The van der Waals surface area contributed by atoms with E-state index in [4.69, 9.17) is 0 Å². The van der Waals surface area contributed by atoms with E-state index in [1.807, 2.05) is 24.6 Å². The van der Waals surface area contributed by atoms with Gasteiger partial charge in [0.25, 0.3) is 0 Å². The summed E-state index contributed by atoms with van der Waals surface area (Å²) in [5.74, 6) is -1.09. The lowest BCUT2D eigenvalue weighted by atomic mass is 10.1. The first-order valence-corrected chi connectivity index (χ1v) is 8.19. The molecule has 1 heterocycles. The topological polar surface area (TPSA) is 87.5 Å². The van der Waals surface area contributed by atoms with Gasteiger partial charge in [0.2, 0.25) is 0 Å². The molecule has 2 N–H and O–H groups in total. The molecular weight excluding hydrogens is 320 g/mol. The molecule has 0 saturated heterocycles. The highest BCUT2D eigenvalue weighted by molar-refractivity contribution is 5.83. The van der Waals surface area contributed by atoms with Crippen molar-refractivity contribution in [1.29, 1.82) is 0 Å². The minimum Gasteiger partial charge on any atom is -0.479 e. The maximum atomic E-state index is 12.3. The molecule has 0 saturated carbocycles. The van der Waals surface area contributed by atoms with Crippen molar-refractivity contribution < 1.29 is 14.7 Å². The lowest BCUT2D eigenvalue weighted by Gasteiger charge is -2.21. The predicted molar refractivity (Wildman–Crippen MR) is 94.3 cm³/mol. The Labute approximate surface area is 147 Å². The van der Waals surface area contributed by atoms with Crippen molar-refractivity contribution in [2.75, 3.05) is 13.6 Å². The first-order chi connectivity index (χ1) is 11.9. The van der Waals surface area contributed by atoms with E-state index >= 15 is 0 Å². The standard InChI is InChI=1S/C18H24N4O3/c1-13-12-14(2)22(20-13)11-7-10-21(3)18(25)19-16(17(23)24)15-8-5-4-6-9-15/h4-6,8-9,12,16H,7,10-11H2,1-3H3,(H,19,25)(H,23,24)/t16-/m1/s1. The zero-order valence-corrected chi connectivity index (χ0v) is 14.8. The molecule has 1 atom stereocenters. The number of amides is 2. The molecular formula is C18H24N4O3. The normalized spacial score (nSPS) is 11.8. The number of rotatable bonds is 7. The molecule has 7 nitrogen and oxygen atoms in total. The Morgan fingerprint density at radius 3 is 2.52 bits per heavy atom. The van der Waals surface area contributed by atoms with E-state index in [0.29, 0.717) is 18.7 Å². The fraction of sp³-hybridized carbons (Fsp3) is 0.389. The van der Waals surface area contributed by atoms with Crippen LogP contribution in [0.3, 0.4) is 0 Å². The summed E-state index contributed by atoms with van der Waals surface area (Å²) >= 11 is 0. The van der Waals surface area contributed by atoms with Gasteiger partial charge in [-0.1, -0.05) is 30.3 Å². The molecule has 0 bridgehead atoms. The molecule has 1 aromatic carbocycles. The Kier molecular flexibility index (Phi) is 6.16. The Morgan fingerprint density at radius 1 is 1.28 bits per heavy atom. The molecule has 0 spiro atoms. The smallest absolute Gasteiger partial charge is 0.330 e. The largest absolute Gasteiger partial charge is 0.479 e. The van der Waals surface area contributed by atoms with Crippen LogP contribution in [0.15, 0.2) is 36.4 Å². The van der Waals surface area contributed by atoms with Crippen molar-refractivity contribution in [3.63, 3.8) is 0 Å². The van der Waals surface area contributed by atoms with E-state index in [0.717, 1.165) is 17.8 Å². The van der Waals surface area contributed by atoms with Crippen LogP contribution < -0.4 is 5.32 Å². The Bertz CT molecular complexity index is 727. The third-order valence-corrected chi connectivity index (χ3v) is 3.96. The summed E-state index contributed by atoms with van der Waals surface area (Å²) in [6.07, 6.45) is 0.731. The zero-order valence-electron chi connectivity index (χ0n) is 14.8. The van der Waals surface area contributed by atoms with Crippen LogP contribution in [0.5, 0.6) is 0 Å². The number of carbonyl (C=O) groups excluding carboxylic acids is 1. The van der Waals surface area contributed by atoms with Gasteiger partial charge in [-0.2, -0.15) is 5.10 Å². The lowest BCUT2D eigenvalue weighted by molar-refractivity contribution is -0.139. The molecule has 0 fully saturated rings. The van der Waals surface area contributed by atoms with Crippen LogP contribution in [-0.2, 0) is 11.3 Å². The van der Waals surface area contributed by atoms with Crippen LogP contribution in [0, 0.1) is 13.8 Å². The van der Waals surface area contributed by atoms with Crippen LogP contribution in [0.2, 0.25) is 0 Å². The van der Waals surface area contributed by atoms with E-state index in [1.54, 1.807) is 37.4 Å². The van der Waals surface area contributed by atoms with E-state index < -0.39 is 18.0 Å². The van der Waals surface area contributed by atoms with Gasteiger partial charge in [0, 0.05) is 25.8 Å². The molecule has 134 valence electrons. The van der Waals surface area contributed by atoms with Crippen molar-refractivity contribution in [3.05, 3.63) is 53.3 Å². The number of hydrogen-bond donors (Lipinski definition) is 2. The number of benzene rings is 1. The third-order valence-electron chi connectivity index (χ3n) is 3.96. The van der Waals surface area contributed by atoms with Gasteiger partial charge in [0.15, 0.2) is 6.04 Å². The molecule has 1 aromatic heterocycles. The maximum Gasteiger partial charge on any atom is 0.330 e. The molecule has 0 aliphatic rings. The van der Waals surface area contributed by atoms with Crippen LogP contribution in [0.4, 0.5) is 4.79 Å². The molecule has 2 aromatic rings. The average Bonchev–Trinajstić information content (AvgIpc) is 2.90. The number of nitrogens with one attached hydrogen (secondary N) is 1. The van der Waals surface area contributed by atoms with Crippen LogP contribution >= 0.6 is 0 Å². The van der Waals surface area contributed by atoms with Crippen molar-refractivity contribution in [2.45, 2.75) is 32.9 Å². The fourth-order valence-electron chi connectivity index (χ4n) is 2.63. The van der Waals surface area contributed by atoms with Gasteiger partial charge < -0.3 is 15.3 Å². The molecule has 0 aliphatic heterocycles. The van der Waals surface area contributed by atoms with Crippen LogP contribution in [0.1, 0.15) is 29.4 Å². The second kappa shape index (κ2) is 8.32. The fourth-order valence-corrected chi connectivity index (χ4v) is 2.63. The van der Waals surface area contributed by atoms with Crippen molar-refractivity contribution >= 4 is 12.0 Å². The second-order valence-electron chi connectivity index (χ2n) is 6.06. The summed E-state index contributed by atoms with van der Waals surface area (Å²) in [4.78, 5) is 25.2. The van der Waals surface area contributed by atoms with Crippen LogP contribution in [-0.4, -0.2) is 45.4 Å². The van der Waals surface area contributed by atoms with Gasteiger partial charge in [-0.25, -0.2) is 9.59 Å². The minimum atomic E-state index is -1.09. The molecule has 25 heavy (non-hydrogen) atoms. The summed E-state index contributed by atoms with van der Waals surface area (Å²) in [6, 6.07) is 9.19. The first-order valence-electron chi connectivity index (χ1n) is 8.19. The number of carbonyl (C=O) groups is 2. The Balaban J connectivity index is 1.88. The highest BCUT2D eigenvalue weighted by Gasteiger charge is 2.23. The van der Waals surface area contributed by atoms with Gasteiger partial charge >= 0.3 is 12.0 Å². The van der Waals surface area contributed by atoms with E-state index in [1.165, 1.54) is 4.90 Å². The monoisotopic (exact) mass is 344 g/mol. The summed E-state index contributed by atoms with van der Waals surface area (Å²) < 4.78 is 1.91. The molecule has 2 amide bonds. The third kappa shape index (κ3) is 5.07. The molecule has 0 unspecified atom stereocenters. The molecule has 2 rings (SSSR count). The Hall–Kier alpha value is -2.83. The highest BCUT2D eigenvalue weighted by Crippen LogP contribution is 2.13. The number of carboxylic acid groups (broad SMARTS) is 1. The lowest BCUT2D eigenvalue weighted by Crippen LogP contribution is -2.42. The van der Waals surface area contributed by atoms with E-state index in [9.17, 15) is 14.7 Å².